The Labute approximate surface area is 102 Å². The maximum atomic E-state index is 4.51. The van der Waals surface area contributed by atoms with Gasteiger partial charge in [0.1, 0.15) is 0 Å². The Bertz CT molecular complexity index is 460. The van der Waals surface area contributed by atoms with Gasteiger partial charge in [0.15, 0.2) is 0 Å². The first-order valence-electron chi connectivity index (χ1n) is 4.54. The Hall–Kier alpha value is 0.01000. The zero-order valence-corrected chi connectivity index (χ0v) is 11.2. The number of rotatable bonds is 2. The Morgan fingerprint density at radius 1 is 1.43 bits per heavy atom. The zero-order chi connectivity index (χ0) is 10.1. The number of hydrogen-bond donors (Lipinski definition) is 1. The van der Waals surface area contributed by atoms with E-state index in [-0.39, 0.29) is 0 Å². The molecule has 0 atom stereocenters. The minimum Gasteiger partial charge on any atom is -0.143 e. The molecule has 0 aliphatic carbocycles. The molecule has 0 unspecified atom stereocenters. The number of alkyl halides is 1. The van der Waals surface area contributed by atoms with E-state index in [4.69, 9.17) is 0 Å². The van der Waals surface area contributed by atoms with Crippen LogP contribution in [0, 0.1) is 0 Å². The lowest BCUT2D eigenvalue weighted by Crippen LogP contribution is -1.89. The summed E-state index contributed by atoms with van der Waals surface area (Å²) in [5, 5.41) is 4.39. The highest BCUT2D eigenvalue weighted by molar-refractivity contribution is 9.08. The SMILES string of the molecule is CCc1c(CBr)ccc2scc(S)c12. The fourth-order valence-electron chi connectivity index (χ4n) is 1.76. The van der Waals surface area contributed by atoms with Crippen LogP contribution in [0.1, 0.15) is 18.1 Å². The molecule has 1 aromatic carbocycles. The first-order valence-corrected chi connectivity index (χ1v) is 6.99. The summed E-state index contributed by atoms with van der Waals surface area (Å²) >= 11 is 9.80. The fraction of sp³-hybridized carbons (Fsp3) is 0.273. The van der Waals surface area contributed by atoms with Crippen LogP contribution in [0.25, 0.3) is 10.1 Å². The van der Waals surface area contributed by atoms with E-state index in [2.05, 4.69) is 53.0 Å². The molecule has 0 saturated heterocycles. The highest BCUT2D eigenvalue weighted by Crippen LogP contribution is 2.34. The van der Waals surface area contributed by atoms with Gasteiger partial charge in [0.05, 0.1) is 0 Å². The third-order valence-corrected chi connectivity index (χ3v) is 4.50. The van der Waals surface area contributed by atoms with Crippen LogP contribution >= 0.6 is 39.9 Å². The van der Waals surface area contributed by atoms with Gasteiger partial charge in [-0.25, -0.2) is 0 Å². The van der Waals surface area contributed by atoms with E-state index >= 15 is 0 Å². The summed E-state index contributed by atoms with van der Waals surface area (Å²) in [5.74, 6) is 0. The third-order valence-electron chi connectivity index (χ3n) is 2.42. The molecule has 3 heteroatoms. The highest BCUT2D eigenvalue weighted by Gasteiger charge is 2.09. The Kier molecular flexibility index (Phi) is 3.20. The van der Waals surface area contributed by atoms with E-state index in [0.717, 1.165) is 16.6 Å². The molecular formula is C11H11BrS2. The van der Waals surface area contributed by atoms with Crippen molar-refractivity contribution in [2.24, 2.45) is 0 Å². The van der Waals surface area contributed by atoms with Crippen molar-refractivity contribution in [3.8, 4) is 0 Å². The molecule has 0 radical (unpaired) electrons. The fourth-order valence-corrected chi connectivity index (χ4v) is 3.62. The predicted octanol–water partition coefficient (Wildman–Crippen LogP) is 4.65. The number of benzene rings is 1. The molecule has 74 valence electrons. The average molecular weight is 287 g/mol. The monoisotopic (exact) mass is 286 g/mol. The van der Waals surface area contributed by atoms with E-state index in [1.165, 1.54) is 21.2 Å². The van der Waals surface area contributed by atoms with Crippen LogP contribution in [0.3, 0.4) is 0 Å². The minimum atomic E-state index is 0.926. The Morgan fingerprint density at radius 2 is 2.21 bits per heavy atom. The van der Waals surface area contributed by atoms with Gasteiger partial charge in [0.25, 0.3) is 0 Å². The molecule has 0 bridgehead atoms. The highest BCUT2D eigenvalue weighted by atomic mass is 79.9. The second-order valence-electron chi connectivity index (χ2n) is 3.18. The van der Waals surface area contributed by atoms with Gasteiger partial charge < -0.3 is 0 Å². The topological polar surface area (TPSA) is 0 Å². The van der Waals surface area contributed by atoms with Crippen LogP contribution in [-0.4, -0.2) is 0 Å². The number of thiol groups is 1. The summed E-state index contributed by atoms with van der Waals surface area (Å²) in [4.78, 5) is 1.12. The molecule has 14 heavy (non-hydrogen) atoms. The summed E-state index contributed by atoms with van der Waals surface area (Å²) in [6.07, 6.45) is 1.07. The standard InChI is InChI=1S/C11H11BrS2/c1-2-8-7(5-12)3-4-10-11(8)9(13)6-14-10/h3-4,6,13H,2,5H2,1H3. The molecule has 2 aromatic rings. The van der Waals surface area contributed by atoms with Gasteiger partial charge in [-0.2, -0.15) is 0 Å². The normalized spacial score (nSPS) is 11.1. The van der Waals surface area contributed by atoms with E-state index in [1.807, 2.05) is 0 Å². The Balaban J connectivity index is 2.81. The molecule has 1 heterocycles. The minimum absolute atomic E-state index is 0.926. The summed E-state index contributed by atoms with van der Waals surface area (Å²) in [6.45, 7) is 2.20. The lowest BCUT2D eigenvalue weighted by atomic mass is 10.0. The predicted molar refractivity (Wildman–Crippen MR) is 71.1 cm³/mol. The van der Waals surface area contributed by atoms with E-state index in [1.54, 1.807) is 11.3 Å². The van der Waals surface area contributed by atoms with Gasteiger partial charge in [0.2, 0.25) is 0 Å². The van der Waals surface area contributed by atoms with Gasteiger partial charge in [-0.15, -0.1) is 24.0 Å². The number of fused-ring (bicyclic) bond motifs is 1. The summed E-state index contributed by atoms with van der Waals surface area (Å²) in [5.41, 5.74) is 2.82. The second-order valence-corrected chi connectivity index (χ2v) is 5.14. The van der Waals surface area contributed by atoms with Gasteiger partial charge in [-0.3, -0.25) is 0 Å². The summed E-state index contributed by atoms with van der Waals surface area (Å²) in [6, 6.07) is 4.40. The lowest BCUT2D eigenvalue weighted by Gasteiger charge is -2.07. The largest absolute Gasteiger partial charge is 0.143 e. The van der Waals surface area contributed by atoms with Crippen molar-refractivity contribution < 1.29 is 0 Å². The molecule has 2 rings (SSSR count). The van der Waals surface area contributed by atoms with Gasteiger partial charge in [-0.1, -0.05) is 28.9 Å². The molecule has 0 spiro atoms. The second kappa shape index (κ2) is 4.25. The first kappa shape index (κ1) is 10.5. The quantitative estimate of drug-likeness (QED) is 0.603. The molecule has 0 nitrogen and oxygen atoms in total. The number of hydrogen-bond acceptors (Lipinski definition) is 2. The van der Waals surface area contributed by atoms with Crippen LogP contribution in [0.15, 0.2) is 22.4 Å². The molecular weight excluding hydrogens is 276 g/mol. The Morgan fingerprint density at radius 3 is 2.86 bits per heavy atom. The van der Waals surface area contributed by atoms with E-state index in [9.17, 15) is 0 Å². The molecule has 0 amide bonds. The first-order chi connectivity index (χ1) is 6.77. The van der Waals surface area contributed by atoms with Crippen LogP contribution in [-0.2, 0) is 11.8 Å². The van der Waals surface area contributed by atoms with Gasteiger partial charge >= 0.3 is 0 Å². The maximum absolute atomic E-state index is 4.51. The number of aryl methyl sites for hydroxylation is 1. The van der Waals surface area contributed by atoms with Crippen LogP contribution in [0.4, 0.5) is 0 Å². The average Bonchev–Trinajstić information content (AvgIpc) is 2.59. The number of halogens is 1. The summed E-state index contributed by atoms with van der Waals surface area (Å²) < 4.78 is 1.34. The van der Waals surface area contributed by atoms with Crippen molar-refractivity contribution in [3.05, 3.63) is 28.6 Å². The molecule has 0 saturated carbocycles. The van der Waals surface area contributed by atoms with Crippen LogP contribution < -0.4 is 0 Å². The van der Waals surface area contributed by atoms with Crippen LogP contribution in [0.2, 0.25) is 0 Å². The zero-order valence-electron chi connectivity index (χ0n) is 7.88. The van der Waals surface area contributed by atoms with Crippen molar-refractivity contribution in [1.29, 1.82) is 0 Å². The van der Waals surface area contributed by atoms with E-state index in [0.29, 0.717) is 0 Å². The maximum Gasteiger partial charge on any atom is 0.0357 e. The van der Waals surface area contributed by atoms with Crippen molar-refractivity contribution >= 4 is 50.0 Å². The van der Waals surface area contributed by atoms with E-state index < -0.39 is 0 Å². The third kappa shape index (κ3) is 1.62. The van der Waals surface area contributed by atoms with Gasteiger partial charge in [0, 0.05) is 25.7 Å². The van der Waals surface area contributed by atoms with Gasteiger partial charge in [-0.05, 0) is 23.6 Å². The molecule has 0 aliphatic heterocycles. The van der Waals surface area contributed by atoms with Crippen LogP contribution in [0.5, 0.6) is 0 Å². The smallest absolute Gasteiger partial charge is 0.0357 e. The van der Waals surface area contributed by atoms with Crippen molar-refractivity contribution in [2.45, 2.75) is 23.6 Å². The van der Waals surface area contributed by atoms with Crippen molar-refractivity contribution in [2.75, 3.05) is 0 Å². The molecule has 0 N–H and O–H groups in total. The van der Waals surface area contributed by atoms with Crippen molar-refractivity contribution in [3.63, 3.8) is 0 Å². The molecule has 0 aliphatic rings. The van der Waals surface area contributed by atoms with Crippen molar-refractivity contribution in [1.82, 2.24) is 0 Å². The number of thiophene rings is 1. The summed E-state index contributed by atoms with van der Waals surface area (Å²) in [7, 11) is 0. The molecule has 1 aromatic heterocycles. The lowest BCUT2D eigenvalue weighted by molar-refractivity contribution is 1.12. The molecule has 0 fully saturated rings.